The normalized spacial score (nSPS) is 10.8. The Hall–Kier alpha value is -2.19. The number of nitrogens with two attached hydrogens (primary N) is 1. The molecule has 19 heavy (non-hydrogen) atoms. The Morgan fingerprint density at radius 1 is 0.842 bits per heavy atom. The van der Waals surface area contributed by atoms with E-state index in [1.54, 1.807) is 0 Å². The summed E-state index contributed by atoms with van der Waals surface area (Å²) in [5.74, 6) is 0. The van der Waals surface area contributed by atoms with Crippen LogP contribution in [0.2, 0.25) is 0 Å². The lowest BCUT2D eigenvalue weighted by atomic mass is 10.1. The van der Waals surface area contributed by atoms with Crippen molar-refractivity contribution in [1.29, 1.82) is 0 Å². The quantitative estimate of drug-likeness (QED) is 0.771. The topological polar surface area (TPSA) is 38.9 Å². The molecule has 1 aromatic heterocycles. The zero-order valence-electron chi connectivity index (χ0n) is 10.7. The molecule has 3 aromatic rings. The number of rotatable bonds is 3. The lowest BCUT2D eigenvalue weighted by Crippen LogP contribution is -2.02. The summed E-state index contributed by atoms with van der Waals surface area (Å²) in [4.78, 5) is 4.70. The van der Waals surface area contributed by atoms with Crippen LogP contribution in [0.4, 0.5) is 0 Å². The zero-order chi connectivity index (χ0) is 13.1. The maximum Gasteiger partial charge on any atom is 0.0709 e. The van der Waals surface area contributed by atoms with Crippen molar-refractivity contribution in [2.24, 2.45) is 5.73 Å². The Balaban J connectivity index is 1.99. The molecule has 0 bridgehead atoms. The summed E-state index contributed by atoms with van der Waals surface area (Å²) < 4.78 is 0. The SMILES string of the molecule is NCCc1ccc(-c2ccc3ccccc3n2)cc1. The molecule has 0 saturated carbocycles. The largest absolute Gasteiger partial charge is 0.330 e. The van der Waals surface area contributed by atoms with E-state index >= 15 is 0 Å². The predicted octanol–water partition coefficient (Wildman–Crippen LogP) is 3.40. The second kappa shape index (κ2) is 5.21. The van der Waals surface area contributed by atoms with E-state index in [2.05, 4.69) is 42.5 Å². The van der Waals surface area contributed by atoms with Crippen molar-refractivity contribution in [2.75, 3.05) is 6.54 Å². The van der Waals surface area contributed by atoms with Crippen molar-refractivity contribution in [3.05, 3.63) is 66.2 Å². The van der Waals surface area contributed by atoms with Crippen molar-refractivity contribution in [3.63, 3.8) is 0 Å². The summed E-state index contributed by atoms with van der Waals surface area (Å²) >= 11 is 0. The summed E-state index contributed by atoms with van der Waals surface area (Å²) in [6, 6.07) is 20.8. The third-order valence-electron chi connectivity index (χ3n) is 3.28. The number of fused-ring (bicyclic) bond motifs is 1. The van der Waals surface area contributed by atoms with Gasteiger partial charge in [0.2, 0.25) is 0 Å². The minimum atomic E-state index is 0.688. The molecule has 0 aliphatic rings. The molecule has 2 N–H and O–H groups in total. The second-order valence-electron chi connectivity index (χ2n) is 4.62. The van der Waals surface area contributed by atoms with E-state index in [9.17, 15) is 0 Å². The molecule has 0 unspecified atom stereocenters. The van der Waals surface area contributed by atoms with Crippen LogP contribution in [-0.2, 0) is 6.42 Å². The van der Waals surface area contributed by atoms with Gasteiger partial charge in [-0.1, -0.05) is 48.5 Å². The van der Waals surface area contributed by atoms with Crippen LogP contribution >= 0.6 is 0 Å². The molecular formula is C17H16N2. The van der Waals surface area contributed by atoms with Gasteiger partial charge in [-0.2, -0.15) is 0 Å². The average molecular weight is 248 g/mol. The first-order valence-electron chi connectivity index (χ1n) is 6.52. The number of hydrogen-bond donors (Lipinski definition) is 1. The van der Waals surface area contributed by atoms with Gasteiger partial charge in [-0.3, -0.25) is 0 Å². The fourth-order valence-electron chi connectivity index (χ4n) is 2.24. The minimum Gasteiger partial charge on any atom is -0.330 e. The van der Waals surface area contributed by atoms with Crippen LogP contribution in [0.3, 0.4) is 0 Å². The highest BCUT2D eigenvalue weighted by molar-refractivity contribution is 5.81. The maximum absolute atomic E-state index is 5.56. The molecule has 0 aliphatic carbocycles. The summed E-state index contributed by atoms with van der Waals surface area (Å²) in [6.07, 6.45) is 0.922. The van der Waals surface area contributed by atoms with Crippen LogP contribution < -0.4 is 5.73 Å². The van der Waals surface area contributed by atoms with Gasteiger partial charge in [-0.05, 0) is 30.7 Å². The van der Waals surface area contributed by atoms with Gasteiger partial charge in [0, 0.05) is 10.9 Å². The van der Waals surface area contributed by atoms with Gasteiger partial charge in [-0.15, -0.1) is 0 Å². The first-order chi connectivity index (χ1) is 9.36. The molecule has 2 heteroatoms. The third kappa shape index (κ3) is 2.49. The van der Waals surface area contributed by atoms with E-state index in [1.807, 2.05) is 18.2 Å². The van der Waals surface area contributed by atoms with E-state index in [0.29, 0.717) is 6.54 Å². The monoisotopic (exact) mass is 248 g/mol. The van der Waals surface area contributed by atoms with Gasteiger partial charge in [0.15, 0.2) is 0 Å². The molecule has 0 spiro atoms. The molecule has 94 valence electrons. The molecule has 0 saturated heterocycles. The first-order valence-corrected chi connectivity index (χ1v) is 6.52. The van der Waals surface area contributed by atoms with Crippen molar-refractivity contribution in [1.82, 2.24) is 4.98 Å². The average Bonchev–Trinajstić information content (AvgIpc) is 2.48. The lowest BCUT2D eigenvalue weighted by molar-refractivity contribution is 0.969. The molecular weight excluding hydrogens is 232 g/mol. The number of benzene rings is 2. The van der Waals surface area contributed by atoms with E-state index in [4.69, 9.17) is 10.7 Å². The molecule has 2 nitrogen and oxygen atoms in total. The van der Waals surface area contributed by atoms with Crippen LogP contribution in [0.15, 0.2) is 60.7 Å². The lowest BCUT2D eigenvalue weighted by Gasteiger charge is -2.04. The van der Waals surface area contributed by atoms with E-state index < -0.39 is 0 Å². The van der Waals surface area contributed by atoms with Crippen LogP contribution in [0.25, 0.3) is 22.2 Å². The maximum atomic E-state index is 5.56. The van der Waals surface area contributed by atoms with Crippen molar-refractivity contribution in [3.8, 4) is 11.3 Å². The summed E-state index contributed by atoms with van der Waals surface area (Å²) in [6.45, 7) is 0.688. The van der Waals surface area contributed by atoms with Gasteiger partial charge < -0.3 is 5.73 Å². The molecule has 0 aliphatic heterocycles. The fourth-order valence-corrected chi connectivity index (χ4v) is 2.24. The summed E-state index contributed by atoms with van der Waals surface area (Å²) in [5.41, 5.74) is 10.0. The zero-order valence-corrected chi connectivity index (χ0v) is 10.7. The van der Waals surface area contributed by atoms with Gasteiger partial charge in [-0.25, -0.2) is 4.98 Å². The highest BCUT2D eigenvalue weighted by Crippen LogP contribution is 2.21. The van der Waals surface area contributed by atoms with Crippen LogP contribution in [0, 0.1) is 0 Å². The molecule has 0 atom stereocenters. The smallest absolute Gasteiger partial charge is 0.0709 e. The Morgan fingerprint density at radius 3 is 2.42 bits per heavy atom. The van der Waals surface area contributed by atoms with Gasteiger partial charge in [0.05, 0.1) is 11.2 Å². The first kappa shape index (κ1) is 11.9. The molecule has 0 radical (unpaired) electrons. The number of nitrogens with zero attached hydrogens (tertiary/aromatic N) is 1. The Labute approximate surface area is 112 Å². The number of aromatic nitrogens is 1. The van der Waals surface area contributed by atoms with Crippen molar-refractivity contribution < 1.29 is 0 Å². The number of para-hydroxylation sites is 1. The van der Waals surface area contributed by atoms with Crippen molar-refractivity contribution >= 4 is 10.9 Å². The minimum absolute atomic E-state index is 0.688. The van der Waals surface area contributed by atoms with E-state index in [-0.39, 0.29) is 0 Å². The van der Waals surface area contributed by atoms with Gasteiger partial charge >= 0.3 is 0 Å². The van der Waals surface area contributed by atoms with Gasteiger partial charge in [0.25, 0.3) is 0 Å². The summed E-state index contributed by atoms with van der Waals surface area (Å²) in [7, 11) is 0. The fraction of sp³-hybridized carbons (Fsp3) is 0.118. The Morgan fingerprint density at radius 2 is 1.63 bits per heavy atom. The standard InChI is InChI=1S/C17H16N2/c18-12-11-13-5-7-15(8-6-13)17-10-9-14-3-1-2-4-16(14)19-17/h1-10H,11-12,18H2. The van der Waals surface area contributed by atoms with Gasteiger partial charge in [0.1, 0.15) is 0 Å². The second-order valence-corrected chi connectivity index (χ2v) is 4.62. The highest BCUT2D eigenvalue weighted by atomic mass is 14.7. The van der Waals surface area contributed by atoms with Crippen LogP contribution in [0.5, 0.6) is 0 Å². The number of pyridine rings is 1. The summed E-state index contributed by atoms with van der Waals surface area (Å²) in [5, 5.41) is 1.17. The van der Waals surface area contributed by atoms with E-state index in [0.717, 1.165) is 23.2 Å². The molecule has 1 heterocycles. The molecule has 2 aromatic carbocycles. The van der Waals surface area contributed by atoms with Crippen LogP contribution in [0.1, 0.15) is 5.56 Å². The van der Waals surface area contributed by atoms with Crippen LogP contribution in [-0.4, -0.2) is 11.5 Å². The molecule has 3 rings (SSSR count). The van der Waals surface area contributed by atoms with Crippen molar-refractivity contribution in [2.45, 2.75) is 6.42 Å². The highest BCUT2D eigenvalue weighted by Gasteiger charge is 2.01. The third-order valence-corrected chi connectivity index (χ3v) is 3.28. The van der Waals surface area contributed by atoms with E-state index in [1.165, 1.54) is 10.9 Å². The molecule has 0 amide bonds. The molecule has 0 fully saturated rings. The Bertz CT molecular complexity index is 687. The predicted molar refractivity (Wildman–Crippen MR) is 79.9 cm³/mol. The number of hydrogen-bond acceptors (Lipinski definition) is 2. The Kier molecular flexibility index (Phi) is 3.25.